The number of rotatable bonds is 3. The highest BCUT2D eigenvalue weighted by atomic mass is 16.1. The minimum Gasteiger partial charge on any atom is -0.363 e. The Kier molecular flexibility index (Phi) is 2.82. The SMILES string of the molecule is Cc1[nH]c(C(N)=O)nc1N(C)c1ccccc1. The predicted molar refractivity (Wildman–Crippen MR) is 66.3 cm³/mol. The van der Waals surface area contributed by atoms with Gasteiger partial charge in [-0.05, 0) is 19.1 Å². The van der Waals surface area contributed by atoms with Gasteiger partial charge in [0.1, 0.15) is 0 Å². The van der Waals surface area contributed by atoms with E-state index in [1.807, 2.05) is 49.2 Å². The molecule has 0 aliphatic rings. The van der Waals surface area contributed by atoms with E-state index in [4.69, 9.17) is 5.73 Å². The second kappa shape index (κ2) is 4.29. The first kappa shape index (κ1) is 11.2. The van der Waals surface area contributed by atoms with E-state index in [-0.39, 0.29) is 5.82 Å². The number of nitrogens with two attached hydrogens (primary N) is 1. The Morgan fingerprint density at radius 3 is 2.53 bits per heavy atom. The van der Waals surface area contributed by atoms with Crippen molar-refractivity contribution < 1.29 is 4.79 Å². The summed E-state index contributed by atoms with van der Waals surface area (Å²) in [6.45, 7) is 1.86. The number of aromatic nitrogens is 2. The molecule has 0 atom stereocenters. The Bertz CT molecular complexity index is 533. The molecule has 2 rings (SSSR count). The maximum atomic E-state index is 11.0. The van der Waals surface area contributed by atoms with E-state index < -0.39 is 5.91 Å². The number of aryl methyl sites for hydroxylation is 1. The predicted octanol–water partition coefficient (Wildman–Crippen LogP) is 1.58. The molecular weight excluding hydrogens is 216 g/mol. The van der Waals surface area contributed by atoms with Crippen LogP contribution in [0.3, 0.4) is 0 Å². The monoisotopic (exact) mass is 230 g/mol. The fourth-order valence-corrected chi connectivity index (χ4v) is 1.67. The van der Waals surface area contributed by atoms with Gasteiger partial charge in [-0.3, -0.25) is 4.79 Å². The first-order chi connectivity index (χ1) is 8.09. The quantitative estimate of drug-likeness (QED) is 0.840. The van der Waals surface area contributed by atoms with E-state index in [9.17, 15) is 4.79 Å². The number of hydrogen-bond acceptors (Lipinski definition) is 3. The number of primary amides is 1. The smallest absolute Gasteiger partial charge is 0.284 e. The van der Waals surface area contributed by atoms with Gasteiger partial charge in [-0.25, -0.2) is 4.98 Å². The number of para-hydroxylation sites is 1. The summed E-state index contributed by atoms with van der Waals surface area (Å²) in [6.07, 6.45) is 0. The highest BCUT2D eigenvalue weighted by Crippen LogP contribution is 2.24. The summed E-state index contributed by atoms with van der Waals surface area (Å²) in [7, 11) is 1.89. The van der Waals surface area contributed by atoms with Gasteiger partial charge < -0.3 is 15.6 Å². The number of anilines is 2. The molecule has 0 aliphatic carbocycles. The van der Waals surface area contributed by atoms with Crippen LogP contribution >= 0.6 is 0 Å². The van der Waals surface area contributed by atoms with Crippen LogP contribution in [-0.2, 0) is 0 Å². The van der Waals surface area contributed by atoms with Crippen molar-refractivity contribution in [2.45, 2.75) is 6.92 Å². The lowest BCUT2D eigenvalue weighted by Gasteiger charge is -2.17. The normalized spacial score (nSPS) is 10.2. The molecule has 0 saturated carbocycles. The lowest BCUT2D eigenvalue weighted by molar-refractivity contribution is 0.0991. The Morgan fingerprint density at radius 1 is 1.35 bits per heavy atom. The maximum absolute atomic E-state index is 11.0. The van der Waals surface area contributed by atoms with Crippen molar-refractivity contribution in [3.8, 4) is 0 Å². The summed E-state index contributed by atoms with van der Waals surface area (Å²) in [5.41, 5.74) is 6.99. The van der Waals surface area contributed by atoms with Crippen LogP contribution in [0.1, 0.15) is 16.3 Å². The van der Waals surface area contributed by atoms with Crippen LogP contribution in [0.5, 0.6) is 0 Å². The van der Waals surface area contributed by atoms with Crippen molar-refractivity contribution in [2.75, 3.05) is 11.9 Å². The van der Waals surface area contributed by atoms with E-state index in [2.05, 4.69) is 9.97 Å². The Morgan fingerprint density at radius 2 is 2.00 bits per heavy atom. The van der Waals surface area contributed by atoms with E-state index in [1.54, 1.807) is 0 Å². The van der Waals surface area contributed by atoms with Crippen molar-refractivity contribution in [1.82, 2.24) is 9.97 Å². The fraction of sp³-hybridized carbons (Fsp3) is 0.167. The molecular formula is C12H14N4O. The topological polar surface area (TPSA) is 75.0 Å². The lowest BCUT2D eigenvalue weighted by atomic mass is 10.3. The summed E-state index contributed by atoms with van der Waals surface area (Å²) in [4.78, 5) is 20.0. The van der Waals surface area contributed by atoms with Crippen LogP contribution in [0.15, 0.2) is 30.3 Å². The number of carbonyl (C=O) groups is 1. The molecule has 0 aliphatic heterocycles. The second-order valence-electron chi connectivity index (χ2n) is 3.79. The van der Waals surface area contributed by atoms with E-state index >= 15 is 0 Å². The number of imidazole rings is 1. The fourth-order valence-electron chi connectivity index (χ4n) is 1.67. The molecule has 88 valence electrons. The molecule has 1 heterocycles. The Hall–Kier alpha value is -2.30. The third kappa shape index (κ3) is 2.13. The molecule has 2 aromatic rings. The zero-order chi connectivity index (χ0) is 12.4. The summed E-state index contributed by atoms with van der Waals surface area (Å²) >= 11 is 0. The van der Waals surface area contributed by atoms with Crippen LogP contribution in [0.4, 0.5) is 11.5 Å². The van der Waals surface area contributed by atoms with Gasteiger partial charge in [-0.2, -0.15) is 0 Å². The van der Waals surface area contributed by atoms with Gasteiger partial charge in [-0.15, -0.1) is 0 Å². The van der Waals surface area contributed by atoms with Crippen molar-refractivity contribution in [3.63, 3.8) is 0 Å². The van der Waals surface area contributed by atoms with Crippen molar-refractivity contribution >= 4 is 17.4 Å². The summed E-state index contributed by atoms with van der Waals surface area (Å²) < 4.78 is 0. The second-order valence-corrected chi connectivity index (χ2v) is 3.79. The number of aromatic amines is 1. The minimum absolute atomic E-state index is 0.181. The van der Waals surface area contributed by atoms with Gasteiger partial charge in [-0.1, -0.05) is 18.2 Å². The molecule has 3 N–H and O–H groups in total. The number of nitrogens with one attached hydrogen (secondary N) is 1. The van der Waals surface area contributed by atoms with Gasteiger partial charge >= 0.3 is 0 Å². The lowest BCUT2D eigenvalue weighted by Crippen LogP contribution is -2.14. The molecule has 5 heteroatoms. The van der Waals surface area contributed by atoms with Gasteiger partial charge in [0.15, 0.2) is 11.6 Å². The van der Waals surface area contributed by atoms with Crippen LogP contribution in [0.25, 0.3) is 0 Å². The van der Waals surface area contributed by atoms with Crippen molar-refractivity contribution in [2.24, 2.45) is 5.73 Å². The first-order valence-electron chi connectivity index (χ1n) is 5.25. The molecule has 0 bridgehead atoms. The largest absolute Gasteiger partial charge is 0.363 e. The van der Waals surface area contributed by atoms with Gasteiger partial charge in [0.05, 0.1) is 5.69 Å². The standard InChI is InChI=1S/C12H14N4O/c1-8-12(15-11(14-8)10(13)17)16(2)9-6-4-3-5-7-9/h3-7H,1-2H3,(H2,13,17)(H,14,15). The average molecular weight is 230 g/mol. The van der Waals surface area contributed by atoms with Gasteiger partial charge in [0.25, 0.3) is 5.91 Å². The molecule has 1 amide bonds. The number of nitrogens with zero attached hydrogens (tertiary/aromatic N) is 2. The summed E-state index contributed by atoms with van der Waals surface area (Å²) in [5.74, 6) is 0.325. The van der Waals surface area contributed by atoms with E-state index in [0.717, 1.165) is 11.4 Å². The molecule has 0 radical (unpaired) electrons. The molecule has 0 unspecified atom stereocenters. The summed E-state index contributed by atoms with van der Waals surface area (Å²) in [6, 6.07) is 9.78. The Labute approximate surface area is 99.3 Å². The van der Waals surface area contributed by atoms with Gasteiger partial charge in [0.2, 0.25) is 0 Å². The number of benzene rings is 1. The third-order valence-corrected chi connectivity index (χ3v) is 2.55. The highest BCUT2D eigenvalue weighted by Gasteiger charge is 2.14. The molecule has 1 aromatic carbocycles. The number of amides is 1. The molecule has 17 heavy (non-hydrogen) atoms. The molecule has 5 nitrogen and oxygen atoms in total. The van der Waals surface area contributed by atoms with Gasteiger partial charge in [0, 0.05) is 12.7 Å². The maximum Gasteiger partial charge on any atom is 0.284 e. The zero-order valence-corrected chi connectivity index (χ0v) is 9.77. The average Bonchev–Trinajstić information content (AvgIpc) is 2.72. The first-order valence-corrected chi connectivity index (χ1v) is 5.25. The van der Waals surface area contributed by atoms with Crippen LogP contribution in [0.2, 0.25) is 0 Å². The molecule has 0 fully saturated rings. The van der Waals surface area contributed by atoms with E-state index in [1.165, 1.54) is 0 Å². The van der Waals surface area contributed by atoms with E-state index in [0.29, 0.717) is 5.82 Å². The third-order valence-electron chi connectivity index (χ3n) is 2.55. The summed E-state index contributed by atoms with van der Waals surface area (Å²) in [5, 5.41) is 0. The number of H-pyrrole nitrogens is 1. The Balaban J connectivity index is 2.37. The highest BCUT2D eigenvalue weighted by molar-refractivity contribution is 5.89. The zero-order valence-electron chi connectivity index (χ0n) is 9.77. The van der Waals surface area contributed by atoms with Crippen molar-refractivity contribution in [1.29, 1.82) is 0 Å². The van der Waals surface area contributed by atoms with Crippen LogP contribution in [-0.4, -0.2) is 22.9 Å². The minimum atomic E-state index is -0.555. The molecule has 0 saturated heterocycles. The van der Waals surface area contributed by atoms with Crippen LogP contribution < -0.4 is 10.6 Å². The molecule has 0 spiro atoms. The number of hydrogen-bond donors (Lipinski definition) is 2. The van der Waals surface area contributed by atoms with Crippen LogP contribution in [0, 0.1) is 6.92 Å². The van der Waals surface area contributed by atoms with Crippen molar-refractivity contribution in [3.05, 3.63) is 41.9 Å². The number of carbonyl (C=O) groups excluding carboxylic acids is 1. The molecule has 1 aromatic heterocycles.